The Balaban J connectivity index is 1.37. The van der Waals surface area contributed by atoms with Gasteiger partial charge in [-0.05, 0) is 43.4 Å². The molecule has 1 heterocycles. The molecule has 0 bridgehead atoms. The number of esters is 1. The van der Waals surface area contributed by atoms with E-state index in [0.717, 1.165) is 61.8 Å². The summed E-state index contributed by atoms with van der Waals surface area (Å²) < 4.78 is 18.6. The number of nitrogens with zero attached hydrogens (tertiary/aromatic N) is 3. The largest absolute Gasteiger partial charge is 0.454 e. The Hall–Kier alpha value is -2.97. The number of urea groups is 1. The van der Waals surface area contributed by atoms with Gasteiger partial charge in [0, 0.05) is 19.6 Å². The van der Waals surface area contributed by atoms with Gasteiger partial charge in [-0.15, -0.1) is 0 Å². The van der Waals surface area contributed by atoms with E-state index in [0.29, 0.717) is 19.4 Å². The van der Waals surface area contributed by atoms with Crippen molar-refractivity contribution in [2.75, 3.05) is 20.2 Å². The van der Waals surface area contributed by atoms with E-state index >= 15 is 0 Å². The van der Waals surface area contributed by atoms with Crippen LogP contribution in [0, 0.1) is 5.82 Å². The normalized spacial score (nSPS) is 20.4. The van der Waals surface area contributed by atoms with Crippen molar-refractivity contribution in [3.05, 3.63) is 35.6 Å². The number of carbonyl (C=O) groups excluding carboxylic acids is 4. The van der Waals surface area contributed by atoms with E-state index in [2.05, 4.69) is 0 Å². The predicted molar refractivity (Wildman–Crippen MR) is 125 cm³/mol. The fourth-order valence-corrected chi connectivity index (χ4v) is 5.67. The first-order valence-corrected chi connectivity index (χ1v) is 12.6. The van der Waals surface area contributed by atoms with E-state index in [1.807, 2.05) is 0 Å². The third kappa shape index (κ3) is 5.33. The summed E-state index contributed by atoms with van der Waals surface area (Å²) in [5.74, 6) is -1.82. The molecular formula is C26H34FN3O5. The standard InChI is InChI=1S/C26H34FN3O5/c1-28-25(34)30(24(33)26(28)14-6-3-7-15-26)17-23(32)35-18-22(31)29(21-8-4-2-5-9-21)16-19-10-12-20(27)13-11-19/h10-13,21H,2-9,14-18H2,1H3. The van der Waals surface area contributed by atoms with Crippen LogP contribution >= 0.6 is 0 Å². The number of rotatable bonds is 7. The molecule has 1 aliphatic heterocycles. The van der Waals surface area contributed by atoms with Gasteiger partial charge in [0.1, 0.15) is 17.9 Å². The van der Waals surface area contributed by atoms with Gasteiger partial charge in [-0.25, -0.2) is 9.18 Å². The van der Waals surface area contributed by atoms with Crippen LogP contribution in [-0.2, 0) is 25.7 Å². The maximum atomic E-state index is 13.3. The van der Waals surface area contributed by atoms with Gasteiger partial charge in [-0.1, -0.05) is 50.7 Å². The lowest BCUT2D eigenvalue weighted by atomic mass is 9.81. The highest BCUT2D eigenvalue weighted by molar-refractivity contribution is 6.08. The third-order valence-corrected chi connectivity index (χ3v) is 7.73. The molecule has 3 fully saturated rings. The van der Waals surface area contributed by atoms with Crippen molar-refractivity contribution in [1.82, 2.24) is 14.7 Å². The zero-order valence-corrected chi connectivity index (χ0v) is 20.3. The molecule has 4 rings (SSSR count). The number of hydrogen-bond acceptors (Lipinski definition) is 5. The number of imide groups is 1. The molecular weight excluding hydrogens is 453 g/mol. The Bertz CT molecular complexity index is 954. The maximum absolute atomic E-state index is 13.3. The van der Waals surface area contributed by atoms with Gasteiger partial charge in [0.15, 0.2) is 6.61 Å². The molecule has 2 saturated carbocycles. The van der Waals surface area contributed by atoms with Gasteiger partial charge in [-0.3, -0.25) is 19.3 Å². The Morgan fingerprint density at radius 2 is 1.66 bits per heavy atom. The molecule has 0 unspecified atom stereocenters. The molecule has 1 saturated heterocycles. The Morgan fingerprint density at radius 3 is 2.31 bits per heavy atom. The topological polar surface area (TPSA) is 87.2 Å². The smallest absolute Gasteiger partial charge is 0.327 e. The number of amides is 4. The predicted octanol–water partition coefficient (Wildman–Crippen LogP) is 3.63. The molecule has 2 aliphatic carbocycles. The SMILES string of the molecule is CN1C(=O)N(CC(=O)OCC(=O)N(Cc2ccc(F)cc2)C2CCCCC2)C(=O)C12CCCCC2. The molecule has 0 aromatic heterocycles. The summed E-state index contributed by atoms with van der Waals surface area (Å²) >= 11 is 0. The lowest BCUT2D eigenvalue weighted by molar-refractivity contribution is -0.155. The monoisotopic (exact) mass is 487 g/mol. The molecule has 1 aromatic rings. The highest BCUT2D eigenvalue weighted by Crippen LogP contribution is 2.39. The fourth-order valence-electron chi connectivity index (χ4n) is 5.67. The lowest BCUT2D eigenvalue weighted by Gasteiger charge is -2.35. The summed E-state index contributed by atoms with van der Waals surface area (Å²) in [5, 5.41) is 0. The zero-order valence-electron chi connectivity index (χ0n) is 20.3. The van der Waals surface area contributed by atoms with E-state index < -0.39 is 30.7 Å². The van der Waals surface area contributed by atoms with Crippen LogP contribution < -0.4 is 0 Å². The van der Waals surface area contributed by atoms with Gasteiger partial charge in [0.05, 0.1) is 0 Å². The number of halogens is 1. The minimum absolute atomic E-state index is 0.0292. The molecule has 3 aliphatic rings. The van der Waals surface area contributed by atoms with Gasteiger partial charge >= 0.3 is 12.0 Å². The maximum Gasteiger partial charge on any atom is 0.327 e. The number of carbonyl (C=O) groups is 4. The van der Waals surface area contributed by atoms with Gasteiger partial charge in [-0.2, -0.15) is 0 Å². The summed E-state index contributed by atoms with van der Waals surface area (Å²) in [5.41, 5.74) is -0.0658. The first-order chi connectivity index (χ1) is 16.8. The first kappa shape index (κ1) is 25.1. The average Bonchev–Trinajstić information content (AvgIpc) is 3.04. The fraction of sp³-hybridized carbons (Fsp3) is 0.615. The van der Waals surface area contributed by atoms with Crippen LogP contribution in [0.3, 0.4) is 0 Å². The van der Waals surface area contributed by atoms with Crippen molar-refractivity contribution in [2.45, 2.75) is 82.3 Å². The molecule has 1 spiro atoms. The highest BCUT2D eigenvalue weighted by Gasteiger charge is 2.56. The highest BCUT2D eigenvalue weighted by atomic mass is 19.1. The van der Waals surface area contributed by atoms with E-state index in [-0.39, 0.29) is 23.7 Å². The molecule has 9 heteroatoms. The van der Waals surface area contributed by atoms with Crippen LogP contribution in [0.25, 0.3) is 0 Å². The molecule has 4 amide bonds. The molecule has 8 nitrogen and oxygen atoms in total. The second-order valence-electron chi connectivity index (χ2n) is 9.93. The summed E-state index contributed by atoms with van der Waals surface area (Å²) in [7, 11) is 1.61. The molecule has 35 heavy (non-hydrogen) atoms. The van der Waals surface area contributed by atoms with E-state index in [1.165, 1.54) is 17.0 Å². The summed E-state index contributed by atoms with van der Waals surface area (Å²) in [6.45, 7) is -0.663. The van der Waals surface area contributed by atoms with E-state index in [1.54, 1.807) is 24.1 Å². The third-order valence-electron chi connectivity index (χ3n) is 7.73. The van der Waals surface area contributed by atoms with Gasteiger partial charge in [0.25, 0.3) is 11.8 Å². The second kappa shape index (κ2) is 10.7. The zero-order chi connectivity index (χ0) is 25.0. The quantitative estimate of drug-likeness (QED) is 0.433. The van der Waals surface area contributed by atoms with Crippen LogP contribution in [0.5, 0.6) is 0 Å². The van der Waals surface area contributed by atoms with Gasteiger partial charge < -0.3 is 14.5 Å². The Labute approximate surface area is 205 Å². The van der Waals surface area contributed by atoms with Crippen molar-refractivity contribution >= 4 is 23.8 Å². The van der Waals surface area contributed by atoms with Crippen molar-refractivity contribution in [1.29, 1.82) is 0 Å². The van der Waals surface area contributed by atoms with E-state index in [4.69, 9.17) is 4.74 Å². The molecule has 190 valence electrons. The number of likely N-dealkylation sites (N-methyl/N-ethyl adjacent to an activating group) is 1. The number of hydrogen-bond donors (Lipinski definition) is 0. The van der Waals surface area contributed by atoms with Crippen molar-refractivity contribution in [3.63, 3.8) is 0 Å². The van der Waals surface area contributed by atoms with Crippen LogP contribution in [0.1, 0.15) is 69.8 Å². The van der Waals surface area contributed by atoms with Crippen molar-refractivity contribution in [3.8, 4) is 0 Å². The molecule has 0 atom stereocenters. The molecule has 1 aromatic carbocycles. The summed E-state index contributed by atoms with van der Waals surface area (Å²) in [6, 6.07) is 5.54. The van der Waals surface area contributed by atoms with Crippen LogP contribution in [-0.4, -0.2) is 70.3 Å². The second-order valence-corrected chi connectivity index (χ2v) is 9.93. The Morgan fingerprint density at radius 1 is 1.03 bits per heavy atom. The minimum atomic E-state index is -0.863. The first-order valence-electron chi connectivity index (χ1n) is 12.6. The van der Waals surface area contributed by atoms with E-state index in [9.17, 15) is 23.6 Å². The van der Waals surface area contributed by atoms with Crippen LogP contribution in [0.15, 0.2) is 24.3 Å². The summed E-state index contributed by atoms with van der Waals surface area (Å²) in [6.07, 6.45) is 8.84. The number of ether oxygens (including phenoxy) is 1. The van der Waals surface area contributed by atoms with Crippen molar-refractivity contribution in [2.24, 2.45) is 0 Å². The minimum Gasteiger partial charge on any atom is -0.454 e. The summed E-state index contributed by atoms with van der Waals surface area (Å²) in [4.78, 5) is 55.6. The molecule has 0 N–H and O–H groups in total. The lowest BCUT2D eigenvalue weighted by Crippen LogP contribution is -2.49. The average molecular weight is 488 g/mol. The Kier molecular flexibility index (Phi) is 7.72. The van der Waals surface area contributed by atoms with Crippen LogP contribution in [0.4, 0.5) is 9.18 Å². The van der Waals surface area contributed by atoms with Crippen LogP contribution in [0.2, 0.25) is 0 Å². The molecule has 0 radical (unpaired) electrons. The van der Waals surface area contributed by atoms with Gasteiger partial charge in [0.2, 0.25) is 0 Å². The number of benzene rings is 1. The van der Waals surface area contributed by atoms with Crippen molar-refractivity contribution < 1.29 is 28.3 Å².